The van der Waals surface area contributed by atoms with Crippen LogP contribution in [-0.4, -0.2) is 33.1 Å². The lowest BCUT2D eigenvalue weighted by Gasteiger charge is -2.10. The molecule has 27 heavy (non-hydrogen) atoms. The molecule has 0 saturated heterocycles. The van der Waals surface area contributed by atoms with Gasteiger partial charge < -0.3 is 23.7 Å². The lowest BCUT2D eigenvalue weighted by atomic mass is 10.1. The van der Waals surface area contributed by atoms with Crippen LogP contribution < -0.4 is 23.7 Å². The van der Waals surface area contributed by atoms with E-state index in [1.807, 2.05) is 0 Å². The fraction of sp³-hybridized carbons (Fsp3) is 0.200. The van der Waals surface area contributed by atoms with Gasteiger partial charge in [-0.25, -0.2) is 0 Å². The zero-order valence-corrected chi connectivity index (χ0v) is 15.3. The van der Waals surface area contributed by atoms with Crippen molar-refractivity contribution in [2.45, 2.75) is 6.92 Å². The Kier molecular flexibility index (Phi) is 5.03. The van der Waals surface area contributed by atoms with Crippen molar-refractivity contribution in [2.24, 2.45) is 0 Å². The number of methoxy groups -OCH3 is 3. The summed E-state index contributed by atoms with van der Waals surface area (Å²) in [6.07, 6.45) is 1.59. The summed E-state index contributed by atoms with van der Waals surface area (Å²) in [7, 11) is 4.49. The standard InChI is InChI=1S/C20H18O7/c1-11(21)26-15-8-6-13-18(22)17(27-19(13)20(15)25-4)10-12-5-7-14(23-2)16(9-12)24-3/h5-10H,1-4H3/b17-10-. The maximum atomic E-state index is 12.7. The molecule has 2 aromatic carbocycles. The van der Waals surface area contributed by atoms with E-state index in [0.29, 0.717) is 22.6 Å². The van der Waals surface area contributed by atoms with E-state index < -0.39 is 5.97 Å². The van der Waals surface area contributed by atoms with E-state index in [4.69, 9.17) is 23.7 Å². The SMILES string of the molecule is COc1ccc(/C=C2\Oc3c(ccc(OC(C)=O)c3OC)C2=O)cc1OC. The molecule has 0 radical (unpaired) electrons. The Morgan fingerprint density at radius 2 is 1.67 bits per heavy atom. The van der Waals surface area contributed by atoms with Gasteiger partial charge in [0.15, 0.2) is 28.8 Å². The van der Waals surface area contributed by atoms with Crippen LogP contribution in [0, 0.1) is 0 Å². The third-order valence-corrected chi connectivity index (χ3v) is 3.92. The molecular formula is C20H18O7. The minimum atomic E-state index is -0.501. The number of hydrogen-bond donors (Lipinski definition) is 0. The van der Waals surface area contributed by atoms with Crippen molar-refractivity contribution in [1.82, 2.24) is 0 Å². The summed E-state index contributed by atoms with van der Waals surface area (Å²) in [5.74, 6) is 1.02. The fourth-order valence-electron chi connectivity index (χ4n) is 2.73. The molecule has 7 heteroatoms. The molecule has 0 aromatic heterocycles. The van der Waals surface area contributed by atoms with E-state index >= 15 is 0 Å². The molecule has 0 unspecified atom stereocenters. The Balaban J connectivity index is 1.99. The Bertz CT molecular complexity index is 944. The first-order valence-corrected chi connectivity index (χ1v) is 8.04. The summed E-state index contributed by atoms with van der Waals surface area (Å²) in [6, 6.07) is 8.27. The van der Waals surface area contributed by atoms with Crippen LogP contribution in [0.2, 0.25) is 0 Å². The van der Waals surface area contributed by atoms with Crippen molar-refractivity contribution in [3.63, 3.8) is 0 Å². The summed E-state index contributed by atoms with van der Waals surface area (Å²) in [6.45, 7) is 1.28. The van der Waals surface area contributed by atoms with Crippen LogP contribution in [0.15, 0.2) is 36.1 Å². The molecule has 0 amide bonds. The number of carbonyl (C=O) groups excluding carboxylic acids is 2. The van der Waals surface area contributed by atoms with Crippen LogP contribution in [0.1, 0.15) is 22.8 Å². The maximum Gasteiger partial charge on any atom is 0.308 e. The monoisotopic (exact) mass is 370 g/mol. The van der Waals surface area contributed by atoms with Crippen LogP contribution in [0.5, 0.6) is 28.7 Å². The predicted molar refractivity (Wildman–Crippen MR) is 96.8 cm³/mol. The molecule has 0 bridgehead atoms. The molecule has 2 aromatic rings. The number of fused-ring (bicyclic) bond motifs is 1. The van der Waals surface area contributed by atoms with Crippen molar-refractivity contribution in [1.29, 1.82) is 0 Å². The molecule has 1 aliphatic heterocycles. The Labute approximate surface area is 156 Å². The molecule has 7 nitrogen and oxygen atoms in total. The molecule has 1 heterocycles. The van der Waals surface area contributed by atoms with Crippen molar-refractivity contribution < 1.29 is 33.3 Å². The Morgan fingerprint density at radius 3 is 2.30 bits per heavy atom. The molecule has 0 fully saturated rings. The highest BCUT2D eigenvalue weighted by molar-refractivity contribution is 6.15. The van der Waals surface area contributed by atoms with Crippen LogP contribution in [0.3, 0.4) is 0 Å². The first-order chi connectivity index (χ1) is 13.0. The average molecular weight is 370 g/mol. The second-order valence-corrected chi connectivity index (χ2v) is 5.62. The summed E-state index contributed by atoms with van der Waals surface area (Å²) >= 11 is 0. The fourth-order valence-corrected chi connectivity index (χ4v) is 2.73. The maximum absolute atomic E-state index is 12.7. The van der Waals surface area contributed by atoms with Crippen molar-refractivity contribution in [2.75, 3.05) is 21.3 Å². The van der Waals surface area contributed by atoms with E-state index in [1.54, 1.807) is 31.4 Å². The van der Waals surface area contributed by atoms with Crippen LogP contribution >= 0.6 is 0 Å². The summed E-state index contributed by atoms with van der Waals surface area (Å²) in [4.78, 5) is 23.9. The van der Waals surface area contributed by atoms with Crippen molar-refractivity contribution >= 4 is 17.8 Å². The molecular weight excluding hydrogens is 352 g/mol. The molecule has 0 N–H and O–H groups in total. The first kappa shape index (κ1) is 18.3. The summed E-state index contributed by atoms with van der Waals surface area (Å²) in [5, 5.41) is 0. The average Bonchev–Trinajstić information content (AvgIpc) is 2.96. The van der Waals surface area contributed by atoms with Gasteiger partial charge in [0.05, 0.1) is 26.9 Å². The van der Waals surface area contributed by atoms with Crippen molar-refractivity contribution in [3.05, 3.63) is 47.2 Å². The Hall–Kier alpha value is -3.48. The summed E-state index contributed by atoms with van der Waals surface area (Å²) in [5.41, 5.74) is 1.03. The van der Waals surface area contributed by atoms with E-state index in [0.717, 1.165) is 0 Å². The van der Waals surface area contributed by atoms with Gasteiger partial charge in [0.1, 0.15) is 0 Å². The van der Waals surface area contributed by atoms with E-state index in [-0.39, 0.29) is 28.8 Å². The van der Waals surface area contributed by atoms with Gasteiger partial charge in [-0.1, -0.05) is 6.07 Å². The van der Waals surface area contributed by atoms with Gasteiger partial charge in [-0.15, -0.1) is 0 Å². The Morgan fingerprint density at radius 1 is 0.963 bits per heavy atom. The zero-order chi connectivity index (χ0) is 19.6. The normalized spacial score (nSPS) is 13.8. The van der Waals surface area contributed by atoms with E-state index in [1.165, 1.54) is 33.3 Å². The topological polar surface area (TPSA) is 80.3 Å². The molecule has 1 aliphatic rings. The number of rotatable bonds is 5. The largest absolute Gasteiger partial charge is 0.493 e. The highest BCUT2D eigenvalue weighted by Crippen LogP contribution is 2.45. The number of allylic oxidation sites excluding steroid dienone is 1. The number of Topliss-reactive ketones (excluding diaryl/α,β-unsaturated/α-hetero) is 1. The van der Waals surface area contributed by atoms with Gasteiger partial charge >= 0.3 is 5.97 Å². The van der Waals surface area contributed by atoms with Gasteiger partial charge in [-0.2, -0.15) is 0 Å². The molecule has 3 rings (SSSR count). The smallest absolute Gasteiger partial charge is 0.308 e. The van der Waals surface area contributed by atoms with Crippen LogP contribution in [-0.2, 0) is 4.79 Å². The summed E-state index contributed by atoms with van der Waals surface area (Å²) < 4.78 is 26.6. The van der Waals surface area contributed by atoms with E-state index in [2.05, 4.69) is 0 Å². The van der Waals surface area contributed by atoms with Crippen LogP contribution in [0.25, 0.3) is 6.08 Å². The zero-order valence-electron chi connectivity index (χ0n) is 15.3. The number of carbonyl (C=O) groups is 2. The number of hydrogen-bond acceptors (Lipinski definition) is 7. The second-order valence-electron chi connectivity index (χ2n) is 5.62. The lowest BCUT2D eigenvalue weighted by Crippen LogP contribution is -2.03. The second kappa shape index (κ2) is 7.41. The quantitative estimate of drug-likeness (QED) is 0.454. The number of benzene rings is 2. The number of ketones is 1. The van der Waals surface area contributed by atoms with Gasteiger partial charge in [0.2, 0.25) is 11.5 Å². The van der Waals surface area contributed by atoms with Crippen molar-refractivity contribution in [3.8, 4) is 28.7 Å². The highest BCUT2D eigenvalue weighted by atomic mass is 16.6. The molecule has 140 valence electrons. The third-order valence-electron chi connectivity index (χ3n) is 3.92. The lowest BCUT2D eigenvalue weighted by molar-refractivity contribution is -0.132. The molecule has 0 atom stereocenters. The molecule has 0 saturated carbocycles. The highest BCUT2D eigenvalue weighted by Gasteiger charge is 2.32. The minimum Gasteiger partial charge on any atom is -0.493 e. The van der Waals surface area contributed by atoms with Gasteiger partial charge in [0.25, 0.3) is 0 Å². The van der Waals surface area contributed by atoms with Gasteiger partial charge in [0, 0.05) is 6.92 Å². The number of esters is 1. The van der Waals surface area contributed by atoms with Gasteiger partial charge in [-0.05, 0) is 35.9 Å². The van der Waals surface area contributed by atoms with Crippen LogP contribution in [0.4, 0.5) is 0 Å². The first-order valence-electron chi connectivity index (χ1n) is 8.04. The third kappa shape index (κ3) is 3.44. The number of ether oxygens (including phenoxy) is 5. The van der Waals surface area contributed by atoms with Gasteiger partial charge in [-0.3, -0.25) is 9.59 Å². The molecule has 0 aliphatic carbocycles. The van der Waals surface area contributed by atoms with E-state index in [9.17, 15) is 9.59 Å². The molecule has 0 spiro atoms. The predicted octanol–water partition coefficient (Wildman–Crippen LogP) is 3.25. The minimum absolute atomic E-state index is 0.121.